The van der Waals surface area contributed by atoms with Gasteiger partial charge in [-0.15, -0.1) is 0 Å². The van der Waals surface area contributed by atoms with Crippen molar-refractivity contribution in [3.8, 4) is 0 Å². The number of ketones is 1. The molecular weight excluding hydrogens is 300 g/mol. The van der Waals surface area contributed by atoms with Gasteiger partial charge in [0.2, 0.25) is 0 Å². The molecule has 0 heterocycles. The van der Waals surface area contributed by atoms with Crippen LogP contribution >= 0.6 is 0 Å². The number of Topliss-reactive ketones (excluding diaryl/α,β-unsaturated/α-hetero) is 1. The van der Waals surface area contributed by atoms with Gasteiger partial charge in [-0.25, -0.2) is 0 Å². The number of carbonyl (C=O) groups is 2. The first-order valence-electron chi connectivity index (χ1n) is 8.19. The molecule has 2 N–H and O–H groups in total. The van der Waals surface area contributed by atoms with Crippen LogP contribution in [-0.4, -0.2) is 17.7 Å². The predicted octanol–water partition coefficient (Wildman–Crippen LogP) is 4.60. The molecule has 126 valence electrons. The minimum absolute atomic E-state index is 0.0531. The molecule has 2 aromatic carbocycles. The summed E-state index contributed by atoms with van der Waals surface area (Å²) in [6.45, 7) is 7.87. The van der Waals surface area contributed by atoms with Crippen molar-refractivity contribution in [2.45, 2.75) is 33.7 Å². The lowest BCUT2D eigenvalue weighted by Crippen LogP contribution is -2.13. The molecule has 4 heteroatoms. The van der Waals surface area contributed by atoms with Gasteiger partial charge in [0.05, 0.1) is 0 Å². The summed E-state index contributed by atoms with van der Waals surface area (Å²) in [5.41, 5.74) is 2.90. The molecule has 4 nitrogen and oxygen atoms in total. The van der Waals surface area contributed by atoms with E-state index in [0.29, 0.717) is 17.2 Å². The normalized spacial score (nSPS) is 10.8. The average Bonchev–Trinajstić information content (AvgIpc) is 2.55. The second-order valence-corrected chi connectivity index (χ2v) is 6.43. The van der Waals surface area contributed by atoms with E-state index >= 15 is 0 Å². The van der Waals surface area contributed by atoms with Gasteiger partial charge in [0, 0.05) is 34.5 Å². The Bertz CT molecular complexity index is 701. The zero-order chi connectivity index (χ0) is 17.7. The van der Waals surface area contributed by atoms with E-state index in [4.69, 9.17) is 0 Å². The molecule has 0 radical (unpaired) electrons. The van der Waals surface area contributed by atoms with Gasteiger partial charge in [-0.3, -0.25) is 9.59 Å². The fourth-order valence-corrected chi connectivity index (χ4v) is 2.31. The summed E-state index contributed by atoms with van der Waals surface area (Å²) in [5, 5.41) is 6.16. The van der Waals surface area contributed by atoms with Crippen LogP contribution in [0.1, 0.15) is 48.4 Å². The molecule has 0 saturated heterocycles. The minimum atomic E-state index is -0.192. The SMILES string of the molecule is CC(C)Nc1ccc(NC(=O)c2ccc(C(=O)C(C)C)cc2)cc1. The highest BCUT2D eigenvalue weighted by Crippen LogP contribution is 2.16. The van der Waals surface area contributed by atoms with Crippen molar-refractivity contribution < 1.29 is 9.59 Å². The summed E-state index contributed by atoms with van der Waals surface area (Å²) in [4.78, 5) is 24.2. The highest BCUT2D eigenvalue weighted by molar-refractivity contribution is 6.05. The Morgan fingerprint density at radius 1 is 0.750 bits per heavy atom. The van der Waals surface area contributed by atoms with Crippen LogP contribution in [0.3, 0.4) is 0 Å². The van der Waals surface area contributed by atoms with Gasteiger partial charge in [0.25, 0.3) is 5.91 Å². The maximum atomic E-state index is 12.3. The molecular formula is C20H24N2O2. The zero-order valence-corrected chi connectivity index (χ0v) is 14.6. The van der Waals surface area contributed by atoms with Crippen LogP contribution in [0, 0.1) is 5.92 Å². The largest absolute Gasteiger partial charge is 0.383 e. The molecule has 0 atom stereocenters. The fourth-order valence-electron chi connectivity index (χ4n) is 2.31. The molecule has 0 aliphatic rings. The highest BCUT2D eigenvalue weighted by Gasteiger charge is 2.12. The Kier molecular flexibility index (Phi) is 5.74. The van der Waals surface area contributed by atoms with Gasteiger partial charge in [-0.1, -0.05) is 26.0 Å². The smallest absolute Gasteiger partial charge is 0.255 e. The number of hydrogen-bond donors (Lipinski definition) is 2. The monoisotopic (exact) mass is 324 g/mol. The average molecular weight is 324 g/mol. The lowest BCUT2D eigenvalue weighted by molar-refractivity contribution is 0.0938. The summed E-state index contributed by atoms with van der Waals surface area (Å²) < 4.78 is 0. The van der Waals surface area contributed by atoms with Crippen molar-refractivity contribution in [2.75, 3.05) is 10.6 Å². The first-order chi connectivity index (χ1) is 11.4. The summed E-state index contributed by atoms with van der Waals surface area (Å²) in [7, 11) is 0. The Labute approximate surface area is 143 Å². The topological polar surface area (TPSA) is 58.2 Å². The van der Waals surface area contributed by atoms with Crippen molar-refractivity contribution in [3.05, 3.63) is 59.7 Å². The van der Waals surface area contributed by atoms with E-state index in [1.807, 2.05) is 38.1 Å². The quantitative estimate of drug-likeness (QED) is 0.764. The van der Waals surface area contributed by atoms with E-state index in [1.165, 1.54) is 0 Å². The number of hydrogen-bond acceptors (Lipinski definition) is 3. The summed E-state index contributed by atoms with van der Waals surface area (Å²) in [5.74, 6) is -0.166. The molecule has 0 saturated carbocycles. The molecule has 24 heavy (non-hydrogen) atoms. The van der Waals surface area contributed by atoms with Crippen molar-refractivity contribution in [2.24, 2.45) is 5.92 Å². The van der Waals surface area contributed by atoms with Gasteiger partial charge < -0.3 is 10.6 Å². The molecule has 0 fully saturated rings. The van der Waals surface area contributed by atoms with Gasteiger partial charge in [0.1, 0.15) is 0 Å². The van der Waals surface area contributed by atoms with Crippen molar-refractivity contribution in [3.63, 3.8) is 0 Å². The summed E-state index contributed by atoms with van der Waals surface area (Å²) >= 11 is 0. The Hall–Kier alpha value is -2.62. The van der Waals surface area contributed by atoms with Gasteiger partial charge in [-0.2, -0.15) is 0 Å². The number of amides is 1. The summed E-state index contributed by atoms with van der Waals surface area (Å²) in [6, 6.07) is 14.7. The van der Waals surface area contributed by atoms with Crippen LogP contribution in [0.25, 0.3) is 0 Å². The predicted molar refractivity (Wildman–Crippen MR) is 98.8 cm³/mol. The van der Waals surface area contributed by atoms with E-state index in [-0.39, 0.29) is 17.6 Å². The molecule has 2 aromatic rings. The lowest BCUT2D eigenvalue weighted by atomic mass is 10.00. The molecule has 2 rings (SSSR count). The minimum Gasteiger partial charge on any atom is -0.383 e. The van der Waals surface area contributed by atoms with Crippen LogP contribution in [0.2, 0.25) is 0 Å². The van der Waals surface area contributed by atoms with E-state index in [1.54, 1.807) is 24.3 Å². The molecule has 0 unspecified atom stereocenters. The van der Waals surface area contributed by atoms with Crippen molar-refractivity contribution >= 4 is 23.1 Å². The number of carbonyl (C=O) groups excluding carboxylic acids is 2. The first kappa shape index (κ1) is 17.7. The van der Waals surface area contributed by atoms with Crippen LogP contribution in [0.4, 0.5) is 11.4 Å². The van der Waals surface area contributed by atoms with Gasteiger partial charge in [0.15, 0.2) is 5.78 Å². The maximum Gasteiger partial charge on any atom is 0.255 e. The van der Waals surface area contributed by atoms with Crippen LogP contribution in [0.15, 0.2) is 48.5 Å². The molecule has 1 amide bonds. The third kappa shape index (κ3) is 4.69. The number of benzene rings is 2. The molecule has 0 spiro atoms. The molecule has 0 aliphatic carbocycles. The van der Waals surface area contributed by atoms with Crippen molar-refractivity contribution in [1.29, 1.82) is 0 Å². The second kappa shape index (κ2) is 7.77. The van der Waals surface area contributed by atoms with Crippen LogP contribution < -0.4 is 10.6 Å². The zero-order valence-electron chi connectivity index (χ0n) is 14.6. The van der Waals surface area contributed by atoms with Crippen LogP contribution in [-0.2, 0) is 0 Å². The number of anilines is 2. The van der Waals surface area contributed by atoms with Gasteiger partial charge >= 0.3 is 0 Å². The lowest BCUT2D eigenvalue weighted by Gasteiger charge is -2.11. The third-order valence-electron chi connectivity index (χ3n) is 3.55. The molecule has 0 aliphatic heterocycles. The molecule has 0 aromatic heterocycles. The number of nitrogens with one attached hydrogen (secondary N) is 2. The second-order valence-electron chi connectivity index (χ2n) is 6.43. The first-order valence-corrected chi connectivity index (χ1v) is 8.19. The number of rotatable bonds is 6. The van der Waals surface area contributed by atoms with E-state index in [0.717, 1.165) is 11.4 Å². The summed E-state index contributed by atoms with van der Waals surface area (Å²) in [6.07, 6.45) is 0. The van der Waals surface area contributed by atoms with Gasteiger partial charge in [-0.05, 0) is 50.2 Å². The fraction of sp³-hybridized carbons (Fsp3) is 0.300. The van der Waals surface area contributed by atoms with E-state index < -0.39 is 0 Å². The Morgan fingerprint density at radius 2 is 1.25 bits per heavy atom. The van der Waals surface area contributed by atoms with E-state index in [2.05, 4.69) is 24.5 Å². The van der Waals surface area contributed by atoms with Crippen molar-refractivity contribution in [1.82, 2.24) is 0 Å². The maximum absolute atomic E-state index is 12.3. The van der Waals surface area contributed by atoms with E-state index in [9.17, 15) is 9.59 Å². The standard InChI is InChI=1S/C20H24N2O2/c1-13(2)19(23)15-5-7-16(8-6-15)20(24)22-18-11-9-17(10-12-18)21-14(3)4/h5-14,21H,1-4H3,(H,22,24). The van der Waals surface area contributed by atoms with Crippen LogP contribution in [0.5, 0.6) is 0 Å². The Balaban J connectivity index is 2.03. The Morgan fingerprint density at radius 3 is 1.75 bits per heavy atom. The molecule has 0 bridgehead atoms. The third-order valence-corrected chi connectivity index (χ3v) is 3.55. The highest BCUT2D eigenvalue weighted by atomic mass is 16.1.